The SMILES string of the molecule is NC1=C2C(=CCN1)[C@@]13CO[C@@H]4[C@H]5Oc6c(cc7c(c6OC[C@H](O)CC=O)C(=O)c6cc(CO)ccc6C7=O)[C@H](c6ccccc6N6CN[C@H]7C(=O)N[C@@H](N)N[C@H]76)[C@H]6CC[C@@H](O)[C@@H](C#C[C@](O)([C@H](COC6)O5)[C@H]4O)Cc4ccc(c(c4)[C@@H](CCO)[C@@H]1O)[C@H]1C=C[C@@H]4C[C@@H]5CCC[C@H]5N[C@H]2C4=C13. The van der Waals surface area contributed by atoms with Crippen LogP contribution in [0.3, 0.4) is 0 Å². The lowest BCUT2D eigenvalue weighted by atomic mass is 9.53. The fraction of sp³-hybridized carbons (Fsp3) is 0.500. The molecule has 16 N–H and O–H groups in total. The van der Waals surface area contributed by atoms with Gasteiger partial charge in [0.15, 0.2) is 28.7 Å². The third-order valence-electron chi connectivity index (χ3n) is 24.2. The van der Waals surface area contributed by atoms with Crippen molar-refractivity contribution in [3.05, 3.63) is 169 Å². The standard InChI is InChI=1S/C76H84N8O16/c77-70-59-51(17-21-79-70)75-33-98-67-69(93)76(95)20-16-38(24-35-8-12-42(47(25-35)45(19-23-86)68(75)92)43-14-10-39-27-37-4-3-6-52(37)81-61(59)57(39)60(43)75)54(89)15-11-40-30-96-32-55(76)99-73(67)100-65-50(56(40)46-5-1-2-7-53(46)84-34-80-62-71(84)82-74(78)83-72(62)94)28-49-58(66(65)97-31-41(88)18-22-85)64(91)48-26-36(29-87)9-13-44(48)63(49)90/h1-2,5,7-10,12-14,17,22,25-26,28,37-41,43,45,52,54-56,61-62,67-69,71,73-74,79-82,86-89,92-93,95H,3-4,6,11,15,18-19,21,23-24,27,29-34,77-78H2,(H,83,94)/t37-,38-,39+,40-,41+,43+,45+,52+,54+,55-,56-,61-,62+,67-,68-,69-,71-,73+,74-,75+,76-/m0/s1. The fourth-order valence-corrected chi connectivity index (χ4v) is 19.5. The van der Waals surface area contributed by atoms with E-state index in [0.29, 0.717) is 40.4 Å². The van der Waals surface area contributed by atoms with Crippen molar-refractivity contribution in [3.8, 4) is 23.3 Å². The van der Waals surface area contributed by atoms with Gasteiger partial charge in [0.05, 0.1) is 74.3 Å². The lowest BCUT2D eigenvalue weighted by Crippen LogP contribution is -2.70. The van der Waals surface area contributed by atoms with Gasteiger partial charge in [-0.1, -0.05) is 79.0 Å². The summed E-state index contributed by atoms with van der Waals surface area (Å²) in [6.45, 7) is -1.99. The predicted octanol–water partition coefficient (Wildman–Crippen LogP) is 1.33. The lowest BCUT2D eigenvalue weighted by molar-refractivity contribution is -0.311. The number of carbonyl (C=O) groups is 4. The maximum Gasteiger partial charge on any atom is 0.242 e. The molecule has 8 aliphatic heterocycles. The summed E-state index contributed by atoms with van der Waals surface area (Å²) in [5.74, 6) is 0.769. The van der Waals surface area contributed by atoms with Gasteiger partial charge in [0.2, 0.25) is 12.2 Å². The number of aliphatic hydroxyl groups excluding tert-OH is 6. The van der Waals surface area contributed by atoms with Gasteiger partial charge in [-0.2, -0.15) is 0 Å². The summed E-state index contributed by atoms with van der Waals surface area (Å²) < 4.78 is 36.1. The summed E-state index contributed by atoms with van der Waals surface area (Å²) in [5.41, 5.74) is 16.7. The highest BCUT2D eigenvalue weighted by Crippen LogP contribution is 2.65. The number of hydrogen-bond donors (Lipinski definition) is 14. The third kappa shape index (κ3) is 10.2. The number of hydrogen-bond acceptors (Lipinski definition) is 23. The van der Waals surface area contributed by atoms with Crippen LogP contribution in [0.15, 0.2) is 113 Å². The van der Waals surface area contributed by atoms with Crippen molar-refractivity contribution in [2.75, 3.05) is 51.1 Å². The molecule has 9 bridgehead atoms. The van der Waals surface area contributed by atoms with Gasteiger partial charge in [-0.05, 0) is 126 Å². The maximum absolute atomic E-state index is 15.8. The van der Waals surface area contributed by atoms with Crippen LogP contribution in [0.4, 0.5) is 5.69 Å². The van der Waals surface area contributed by atoms with E-state index in [4.69, 9.17) is 35.2 Å². The number of aliphatic hydroxyl groups is 7. The lowest BCUT2D eigenvalue weighted by Gasteiger charge is -2.55. The van der Waals surface area contributed by atoms with Gasteiger partial charge in [0.25, 0.3) is 0 Å². The smallest absolute Gasteiger partial charge is 0.242 e. The first-order valence-electron chi connectivity index (χ1n) is 35.4. The average Bonchev–Trinajstić information content (AvgIpc) is 1.37. The van der Waals surface area contributed by atoms with E-state index in [0.717, 1.165) is 59.1 Å². The van der Waals surface area contributed by atoms with Crippen LogP contribution in [0.1, 0.15) is 134 Å². The van der Waals surface area contributed by atoms with Gasteiger partial charge >= 0.3 is 0 Å². The molecule has 21 atom stereocenters. The van der Waals surface area contributed by atoms with Crippen LogP contribution >= 0.6 is 0 Å². The Kier molecular flexibility index (Phi) is 16.7. The number of amides is 1. The highest BCUT2D eigenvalue weighted by Gasteiger charge is 2.64. The minimum atomic E-state index is -2.59. The molecule has 24 heteroatoms. The van der Waals surface area contributed by atoms with Crippen LogP contribution < -0.4 is 52.4 Å². The quantitative estimate of drug-likeness (QED) is 0.0533. The van der Waals surface area contributed by atoms with Gasteiger partial charge in [0.1, 0.15) is 55.5 Å². The zero-order valence-electron chi connectivity index (χ0n) is 55.1. The number of nitrogens with two attached hydrogens (primary N) is 2. The second-order valence-corrected chi connectivity index (χ2v) is 29.5. The van der Waals surface area contributed by atoms with Crippen molar-refractivity contribution in [2.24, 2.45) is 40.6 Å². The summed E-state index contributed by atoms with van der Waals surface area (Å²) >= 11 is 0. The molecule has 4 aromatic carbocycles. The first-order chi connectivity index (χ1) is 48.5. The number of ether oxygens (including phenoxy) is 5. The maximum atomic E-state index is 15.8. The number of para-hydroxylation sites is 1. The van der Waals surface area contributed by atoms with Crippen molar-refractivity contribution in [1.29, 1.82) is 0 Å². The summed E-state index contributed by atoms with van der Waals surface area (Å²) in [6, 6.07) is 18.7. The number of fused-ring (bicyclic) bond motifs is 17. The van der Waals surface area contributed by atoms with E-state index >= 15 is 9.59 Å². The normalized spacial score (nSPS) is 36.8. The van der Waals surface area contributed by atoms with E-state index in [1.54, 1.807) is 12.1 Å². The summed E-state index contributed by atoms with van der Waals surface area (Å²) in [4.78, 5) is 59.4. The zero-order chi connectivity index (χ0) is 68.8. The summed E-state index contributed by atoms with van der Waals surface area (Å²) in [5, 5.41) is 106. The molecule has 0 radical (unpaired) electrons. The predicted molar refractivity (Wildman–Crippen MR) is 360 cm³/mol. The molecule has 8 heterocycles. The molecule has 100 heavy (non-hydrogen) atoms. The van der Waals surface area contributed by atoms with Gasteiger partial charge < -0.3 is 90.8 Å². The minimum Gasteiger partial charge on any atom is -0.486 e. The van der Waals surface area contributed by atoms with Crippen molar-refractivity contribution in [3.63, 3.8) is 0 Å². The molecule has 5 aliphatic carbocycles. The van der Waals surface area contributed by atoms with E-state index in [2.05, 4.69) is 68.8 Å². The van der Waals surface area contributed by atoms with E-state index in [1.807, 2.05) is 35.2 Å². The topological polar surface area (TPSA) is 371 Å². The van der Waals surface area contributed by atoms with Crippen LogP contribution in [0, 0.1) is 40.9 Å². The van der Waals surface area contributed by atoms with Crippen LogP contribution in [-0.2, 0) is 36.8 Å². The Hall–Kier alpha value is -7.68. The number of dihydropyridines is 1. The third-order valence-corrected chi connectivity index (χ3v) is 24.2. The number of aldehydes is 1. The second-order valence-electron chi connectivity index (χ2n) is 29.5. The number of rotatable bonds is 10. The number of carbonyl (C=O) groups excluding carboxylic acids is 4. The van der Waals surface area contributed by atoms with Crippen LogP contribution in [0.25, 0.3) is 0 Å². The van der Waals surface area contributed by atoms with Crippen molar-refractivity contribution in [1.82, 2.24) is 26.6 Å². The van der Waals surface area contributed by atoms with Crippen LogP contribution in [0.2, 0.25) is 0 Å². The molecule has 1 saturated carbocycles. The monoisotopic (exact) mass is 1360 g/mol. The summed E-state index contributed by atoms with van der Waals surface area (Å²) in [6.07, 6.45) is -2.06. The molecule has 524 valence electrons. The highest BCUT2D eigenvalue weighted by atomic mass is 16.7. The Morgan fingerprint density at radius 1 is 0.890 bits per heavy atom. The van der Waals surface area contributed by atoms with E-state index in [1.165, 1.54) is 12.1 Å². The Bertz CT molecular complexity index is 4260. The molecule has 17 rings (SSSR count). The van der Waals surface area contributed by atoms with Gasteiger partial charge in [-0.15, -0.1) is 0 Å². The van der Waals surface area contributed by atoms with E-state index in [9.17, 15) is 45.3 Å². The number of benzene rings is 4. The van der Waals surface area contributed by atoms with Crippen LogP contribution in [-0.4, -0.2) is 185 Å². The Morgan fingerprint density at radius 2 is 1.75 bits per heavy atom. The van der Waals surface area contributed by atoms with Crippen molar-refractivity contribution in [2.45, 2.75) is 161 Å². The van der Waals surface area contributed by atoms with Gasteiger partial charge in [-0.3, -0.25) is 30.8 Å². The largest absolute Gasteiger partial charge is 0.486 e. The van der Waals surface area contributed by atoms with Crippen molar-refractivity contribution < 1.29 is 78.6 Å². The zero-order valence-corrected chi connectivity index (χ0v) is 55.1. The molecular formula is C76H84N8O16. The van der Waals surface area contributed by atoms with Crippen molar-refractivity contribution >= 4 is 29.4 Å². The molecule has 5 fully saturated rings. The molecule has 1 spiro atoms. The van der Waals surface area contributed by atoms with Gasteiger partial charge in [-0.25, -0.2) is 0 Å². The van der Waals surface area contributed by atoms with Crippen LogP contribution in [0.5, 0.6) is 11.5 Å². The van der Waals surface area contributed by atoms with E-state index in [-0.39, 0.29) is 109 Å². The highest BCUT2D eigenvalue weighted by molar-refractivity contribution is 6.29. The molecule has 0 aromatic heterocycles. The average molecular weight is 1370 g/mol. The number of ketones is 2. The molecular weight excluding hydrogens is 1280 g/mol. The molecule has 1 amide bonds. The number of nitrogens with one attached hydrogen (secondary N) is 5. The van der Waals surface area contributed by atoms with Gasteiger partial charge in [0, 0.05) is 82.8 Å². The number of allylic oxidation sites excluding steroid dienone is 2. The Balaban J connectivity index is 0.937. The molecule has 13 aliphatic rings. The molecule has 0 unspecified atom stereocenters. The number of nitrogens with zero attached hydrogens (tertiary/aromatic N) is 1. The minimum absolute atomic E-state index is 0.0272. The Labute approximate surface area is 577 Å². The fourth-order valence-electron chi connectivity index (χ4n) is 19.5. The van der Waals surface area contributed by atoms with E-state index < -0.39 is 152 Å². The molecule has 4 saturated heterocycles. The number of anilines is 1. The molecule has 4 aromatic rings. The molecule has 24 nitrogen and oxygen atoms in total. The summed E-state index contributed by atoms with van der Waals surface area (Å²) in [7, 11) is 0. The second kappa shape index (κ2) is 25.4. The first kappa shape index (κ1) is 65.6. The first-order valence-corrected chi connectivity index (χ1v) is 35.4. The Morgan fingerprint density at radius 3 is 2.59 bits per heavy atom.